The highest BCUT2D eigenvalue weighted by Gasteiger charge is 2.16. The molecule has 0 aliphatic heterocycles. The molecule has 0 radical (unpaired) electrons. The van der Waals surface area contributed by atoms with Gasteiger partial charge in [0.2, 0.25) is 0 Å². The highest BCUT2D eigenvalue weighted by atomic mass is 35.5. The number of halogens is 3. The highest BCUT2D eigenvalue weighted by molar-refractivity contribution is 6.35. The molecule has 29 heavy (non-hydrogen) atoms. The molecule has 7 heteroatoms. The molecule has 1 atom stereocenters. The number of rotatable bonds is 11. The minimum Gasteiger partial charge on any atom is -0.494 e. The third-order valence-electron chi connectivity index (χ3n) is 4.44. The molecule has 0 spiro atoms. The van der Waals surface area contributed by atoms with Crippen molar-refractivity contribution in [1.82, 2.24) is 9.55 Å². The summed E-state index contributed by atoms with van der Waals surface area (Å²) < 4.78 is 13.9. The summed E-state index contributed by atoms with van der Waals surface area (Å²) >= 11 is 18.3. The molecule has 0 aliphatic rings. The maximum Gasteiger partial charge on any atom is 0.119 e. The van der Waals surface area contributed by atoms with Crippen molar-refractivity contribution >= 4 is 34.8 Å². The van der Waals surface area contributed by atoms with Crippen LogP contribution in [0.3, 0.4) is 0 Å². The van der Waals surface area contributed by atoms with Crippen LogP contribution in [0, 0.1) is 0 Å². The zero-order valence-corrected chi connectivity index (χ0v) is 18.2. The summed E-state index contributed by atoms with van der Waals surface area (Å²) in [6.07, 6.45) is 8.18. The maximum atomic E-state index is 6.40. The second-order valence-electron chi connectivity index (χ2n) is 6.65. The van der Waals surface area contributed by atoms with Gasteiger partial charge >= 0.3 is 0 Å². The first-order chi connectivity index (χ1) is 14.1. The fourth-order valence-corrected chi connectivity index (χ4v) is 3.57. The molecule has 1 aromatic heterocycles. The molecule has 0 N–H and O–H groups in total. The molecule has 2 aromatic carbocycles. The van der Waals surface area contributed by atoms with Crippen LogP contribution in [-0.4, -0.2) is 22.8 Å². The highest BCUT2D eigenvalue weighted by Crippen LogP contribution is 2.30. The quantitative estimate of drug-likeness (QED) is 0.298. The Labute approximate surface area is 186 Å². The van der Waals surface area contributed by atoms with E-state index < -0.39 is 0 Å². The van der Waals surface area contributed by atoms with Crippen molar-refractivity contribution in [2.45, 2.75) is 31.9 Å². The second kappa shape index (κ2) is 11.5. The van der Waals surface area contributed by atoms with E-state index in [0.29, 0.717) is 34.8 Å². The standard InChI is InChI=1S/C22H23Cl3N2O2/c23-17-4-7-19(8-5-17)28-12-2-1-3-13-29-22(15-27-11-10-26-16-27)20-9-6-18(24)14-21(20)25/h4-11,14,16,22H,1-3,12-13,15H2. The van der Waals surface area contributed by atoms with E-state index in [1.807, 2.05) is 47.2 Å². The number of benzene rings is 2. The Morgan fingerprint density at radius 1 is 0.897 bits per heavy atom. The summed E-state index contributed by atoms with van der Waals surface area (Å²) in [5, 5.41) is 1.93. The van der Waals surface area contributed by atoms with Crippen molar-refractivity contribution in [3.05, 3.63) is 81.8 Å². The third-order valence-corrected chi connectivity index (χ3v) is 5.25. The van der Waals surface area contributed by atoms with Crippen LogP contribution in [-0.2, 0) is 11.3 Å². The van der Waals surface area contributed by atoms with Gasteiger partial charge in [-0.3, -0.25) is 0 Å². The number of nitrogens with zero attached hydrogens (tertiary/aromatic N) is 2. The summed E-state index contributed by atoms with van der Waals surface area (Å²) in [5.74, 6) is 0.837. The Kier molecular flexibility index (Phi) is 8.69. The number of imidazole rings is 1. The molecular weight excluding hydrogens is 431 g/mol. The Morgan fingerprint density at radius 2 is 1.66 bits per heavy atom. The second-order valence-corrected chi connectivity index (χ2v) is 7.93. The first-order valence-corrected chi connectivity index (χ1v) is 10.7. The smallest absolute Gasteiger partial charge is 0.119 e. The van der Waals surface area contributed by atoms with Crippen LogP contribution in [0.25, 0.3) is 0 Å². The predicted octanol–water partition coefficient (Wildman–Crippen LogP) is 6.85. The van der Waals surface area contributed by atoms with Crippen molar-refractivity contribution < 1.29 is 9.47 Å². The molecule has 0 bridgehead atoms. The monoisotopic (exact) mass is 452 g/mol. The first-order valence-electron chi connectivity index (χ1n) is 9.52. The molecule has 0 aliphatic carbocycles. The van der Waals surface area contributed by atoms with Crippen molar-refractivity contribution in [3.8, 4) is 5.75 Å². The molecule has 0 saturated heterocycles. The minimum absolute atomic E-state index is 0.167. The summed E-state index contributed by atoms with van der Waals surface area (Å²) in [7, 11) is 0. The molecule has 0 amide bonds. The van der Waals surface area contributed by atoms with E-state index in [2.05, 4.69) is 4.98 Å². The van der Waals surface area contributed by atoms with Gasteiger partial charge < -0.3 is 14.0 Å². The fraction of sp³-hybridized carbons (Fsp3) is 0.318. The van der Waals surface area contributed by atoms with Gasteiger partial charge in [-0.25, -0.2) is 4.98 Å². The molecular formula is C22H23Cl3N2O2. The van der Waals surface area contributed by atoms with Gasteiger partial charge in [0.25, 0.3) is 0 Å². The zero-order chi connectivity index (χ0) is 20.5. The van der Waals surface area contributed by atoms with Crippen LogP contribution in [0.15, 0.2) is 61.2 Å². The van der Waals surface area contributed by atoms with Crippen molar-refractivity contribution in [3.63, 3.8) is 0 Å². The van der Waals surface area contributed by atoms with E-state index >= 15 is 0 Å². The molecule has 3 aromatic rings. The third kappa shape index (κ3) is 7.23. The first kappa shape index (κ1) is 22.0. The van der Waals surface area contributed by atoms with E-state index in [-0.39, 0.29) is 6.10 Å². The van der Waals surface area contributed by atoms with Crippen LogP contribution in [0.2, 0.25) is 15.1 Å². The molecule has 3 rings (SSSR count). The lowest BCUT2D eigenvalue weighted by Gasteiger charge is -2.20. The molecule has 4 nitrogen and oxygen atoms in total. The minimum atomic E-state index is -0.167. The number of hydrogen-bond donors (Lipinski definition) is 0. The molecule has 1 unspecified atom stereocenters. The van der Waals surface area contributed by atoms with Gasteiger partial charge in [-0.2, -0.15) is 0 Å². The summed E-state index contributed by atoms with van der Waals surface area (Å²) in [6.45, 7) is 1.95. The van der Waals surface area contributed by atoms with Gasteiger partial charge in [0.15, 0.2) is 0 Å². The van der Waals surface area contributed by atoms with Crippen LogP contribution in [0.4, 0.5) is 0 Å². The Hall–Kier alpha value is -1.72. The summed E-state index contributed by atoms with van der Waals surface area (Å²) in [4.78, 5) is 4.10. The fourth-order valence-electron chi connectivity index (χ4n) is 2.92. The normalized spacial score (nSPS) is 12.1. The van der Waals surface area contributed by atoms with E-state index in [1.54, 1.807) is 18.6 Å². The van der Waals surface area contributed by atoms with Crippen LogP contribution >= 0.6 is 34.8 Å². The van der Waals surface area contributed by atoms with Gasteiger partial charge in [-0.05, 0) is 55.7 Å². The van der Waals surface area contributed by atoms with Crippen LogP contribution < -0.4 is 4.74 Å². The Bertz CT molecular complexity index is 870. The van der Waals surface area contributed by atoms with Crippen molar-refractivity contribution in [1.29, 1.82) is 0 Å². The van der Waals surface area contributed by atoms with Crippen molar-refractivity contribution in [2.75, 3.05) is 13.2 Å². The largest absolute Gasteiger partial charge is 0.494 e. The SMILES string of the molecule is Clc1ccc(OCCCCCOC(Cn2ccnc2)c2ccc(Cl)cc2Cl)cc1. The number of unbranched alkanes of at least 4 members (excludes halogenated alkanes) is 2. The van der Waals surface area contributed by atoms with Gasteiger partial charge in [-0.15, -0.1) is 0 Å². The zero-order valence-electron chi connectivity index (χ0n) is 15.9. The number of aromatic nitrogens is 2. The Morgan fingerprint density at radius 3 is 2.38 bits per heavy atom. The van der Waals surface area contributed by atoms with Crippen molar-refractivity contribution in [2.24, 2.45) is 0 Å². The van der Waals surface area contributed by atoms with Crippen LogP contribution in [0.1, 0.15) is 30.9 Å². The van der Waals surface area contributed by atoms with Gasteiger partial charge in [0.05, 0.1) is 19.5 Å². The van der Waals surface area contributed by atoms with Gasteiger partial charge in [0.1, 0.15) is 11.9 Å². The van der Waals surface area contributed by atoms with E-state index in [1.165, 1.54) is 0 Å². The predicted molar refractivity (Wildman–Crippen MR) is 118 cm³/mol. The summed E-state index contributed by atoms with van der Waals surface area (Å²) in [6, 6.07) is 12.9. The number of ether oxygens (including phenoxy) is 2. The average Bonchev–Trinajstić information content (AvgIpc) is 3.21. The molecule has 1 heterocycles. The van der Waals surface area contributed by atoms with Gasteiger partial charge in [-0.1, -0.05) is 40.9 Å². The van der Waals surface area contributed by atoms with E-state index in [0.717, 1.165) is 30.6 Å². The van der Waals surface area contributed by atoms with Gasteiger partial charge in [0, 0.05) is 39.6 Å². The average molecular weight is 454 g/mol. The molecule has 0 saturated carbocycles. The topological polar surface area (TPSA) is 36.3 Å². The lowest BCUT2D eigenvalue weighted by molar-refractivity contribution is 0.0377. The number of hydrogen-bond acceptors (Lipinski definition) is 3. The lowest BCUT2D eigenvalue weighted by atomic mass is 10.1. The van der Waals surface area contributed by atoms with E-state index in [4.69, 9.17) is 44.3 Å². The molecule has 154 valence electrons. The van der Waals surface area contributed by atoms with E-state index in [9.17, 15) is 0 Å². The van der Waals surface area contributed by atoms with Crippen LogP contribution in [0.5, 0.6) is 5.75 Å². The Balaban J connectivity index is 1.44. The maximum absolute atomic E-state index is 6.40. The lowest BCUT2D eigenvalue weighted by Crippen LogP contribution is -2.13. The summed E-state index contributed by atoms with van der Waals surface area (Å²) in [5.41, 5.74) is 0.927. The molecule has 0 fully saturated rings.